The lowest BCUT2D eigenvalue weighted by atomic mass is 9.92. The minimum Gasteiger partial charge on any atom is -0.376 e. The molecular formula is C13H27NO. The van der Waals surface area contributed by atoms with Crippen LogP contribution in [0.15, 0.2) is 0 Å². The van der Waals surface area contributed by atoms with Crippen LogP contribution in [-0.2, 0) is 4.74 Å². The van der Waals surface area contributed by atoms with Gasteiger partial charge in [-0.2, -0.15) is 0 Å². The molecule has 2 atom stereocenters. The van der Waals surface area contributed by atoms with Crippen molar-refractivity contribution in [3.63, 3.8) is 0 Å². The van der Waals surface area contributed by atoms with E-state index in [0.29, 0.717) is 12.0 Å². The van der Waals surface area contributed by atoms with E-state index in [1.165, 1.54) is 32.1 Å². The van der Waals surface area contributed by atoms with Crippen LogP contribution in [0.5, 0.6) is 0 Å². The van der Waals surface area contributed by atoms with E-state index in [-0.39, 0.29) is 5.60 Å². The molecule has 0 aliphatic heterocycles. The molecule has 1 aliphatic carbocycles. The molecule has 90 valence electrons. The summed E-state index contributed by atoms with van der Waals surface area (Å²) in [4.78, 5) is 0. The number of nitrogens with two attached hydrogens (primary N) is 1. The highest BCUT2D eigenvalue weighted by Gasteiger charge is 2.20. The molecule has 2 heteroatoms. The van der Waals surface area contributed by atoms with Gasteiger partial charge in [0.2, 0.25) is 0 Å². The summed E-state index contributed by atoms with van der Waals surface area (Å²) >= 11 is 0. The molecule has 0 spiro atoms. The van der Waals surface area contributed by atoms with Crippen molar-refractivity contribution in [2.24, 2.45) is 11.7 Å². The van der Waals surface area contributed by atoms with Crippen molar-refractivity contribution in [2.45, 2.75) is 70.9 Å². The first kappa shape index (κ1) is 13.0. The highest BCUT2D eigenvalue weighted by molar-refractivity contribution is 4.76. The third kappa shape index (κ3) is 5.53. The molecule has 1 saturated carbocycles. The topological polar surface area (TPSA) is 35.2 Å². The molecule has 2 nitrogen and oxygen atoms in total. The second-order valence-corrected chi connectivity index (χ2v) is 5.81. The van der Waals surface area contributed by atoms with Gasteiger partial charge in [0.05, 0.1) is 5.60 Å². The van der Waals surface area contributed by atoms with Crippen LogP contribution in [0.3, 0.4) is 0 Å². The first-order chi connectivity index (χ1) is 6.99. The Labute approximate surface area is 94.6 Å². The van der Waals surface area contributed by atoms with Crippen molar-refractivity contribution in [3.05, 3.63) is 0 Å². The zero-order chi connectivity index (χ0) is 11.3. The summed E-state index contributed by atoms with van der Waals surface area (Å²) in [6.45, 7) is 7.20. The van der Waals surface area contributed by atoms with Crippen LogP contribution in [0.2, 0.25) is 0 Å². The van der Waals surface area contributed by atoms with Crippen LogP contribution in [0.4, 0.5) is 0 Å². The third-order valence-electron chi connectivity index (χ3n) is 3.24. The molecule has 1 aliphatic rings. The Balaban J connectivity index is 2.23. The van der Waals surface area contributed by atoms with Crippen LogP contribution in [-0.4, -0.2) is 18.2 Å². The molecule has 0 aromatic carbocycles. The van der Waals surface area contributed by atoms with E-state index in [4.69, 9.17) is 10.5 Å². The van der Waals surface area contributed by atoms with Gasteiger partial charge in [-0.25, -0.2) is 0 Å². The number of hydrogen-bond donors (Lipinski definition) is 1. The number of rotatable bonds is 3. The van der Waals surface area contributed by atoms with Gasteiger partial charge in [0.1, 0.15) is 0 Å². The van der Waals surface area contributed by atoms with Crippen LogP contribution in [0.1, 0.15) is 59.3 Å². The highest BCUT2D eigenvalue weighted by atomic mass is 16.5. The van der Waals surface area contributed by atoms with Crippen molar-refractivity contribution in [1.82, 2.24) is 0 Å². The first-order valence-corrected chi connectivity index (χ1v) is 6.38. The molecule has 1 rings (SSSR count). The molecule has 2 unspecified atom stereocenters. The quantitative estimate of drug-likeness (QED) is 0.731. The molecule has 0 amide bonds. The van der Waals surface area contributed by atoms with Crippen molar-refractivity contribution in [3.8, 4) is 0 Å². The summed E-state index contributed by atoms with van der Waals surface area (Å²) in [5.74, 6) is 0.690. The van der Waals surface area contributed by atoms with E-state index in [1.54, 1.807) is 0 Å². The molecule has 1 fully saturated rings. The van der Waals surface area contributed by atoms with E-state index in [9.17, 15) is 0 Å². The first-order valence-electron chi connectivity index (χ1n) is 6.38. The monoisotopic (exact) mass is 213 g/mol. The predicted octanol–water partition coefficient (Wildman–Crippen LogP) is 3.10. The van der Waals surface area contributed by atoms with Gasteiger partial charge in [-0.3, -0.25) is 0 Å². The Bertz CT molecular complexity index is 174. The summed E-state index contributed by atoms with van der Waals surface area (Å²) in [5, 5.41) is 0. The van der Waals surface area contributed by atoms with Crippen LogP contribution in [0.25, 0.3) is 0 Å². The summed E-state index contributed by atoms with van der Waals surface area (Å²) < 4.78 is 5.77. The fraction of sp³-hybridized carbons (Fsp3) is 1.00. The maximum absolute atomic E-state index is 6.17. The molecule has 0 aromatic heterocycles. The van der Waals surface area contributed by atoms with Crippen LogP contribution >= 0.6 is 0 Å². The molecule has 0 aromatic rings. The summed E-state index contributed by atoms with van der Waals surface area (Å²) in [7, 11) is 0. The SMILES string of the molecule is CC(C)(C)OCCC1CCCCCC1N. The molecule has 0 radical (unpaired) electrons. The maximum Gasteiger partial charge on any atom is 0.0598 e. The van der Waals surface area contributed by atoms with Gasteiger partial charge >= 0.3 is 0 Å². The fourth-order valence-corrected chi connectivity index (χ4v) is 2.29. The zero-order valence-corrected chi connectivity index (χ0v) is 10.6. The average molecular weight is 213 g/mol. The zero-order valence-electron chi connectivity index (χ0n) is 10.6. The highest BCUT2D eigenvalue weighted by Crippen LogP contribution is 2.25. The van der Waals surface area contributed by atoms with Gasteiger partial charge < -0.3 is 10.5 Å². The largest absolute Gasteiger partial charge is 0.376 e. The van der Waals surface area contributed by atoms with Crippen molar-refractivity contribution in [2.75, 3.05) is 6.61 Å². The summed E-state index contributed by atoms with van der Waals surface area (Å²) in [5.41, 5.74) is 6.17. The molecule has 2 N–H and O–H groups in total. The Morgan fingerprint density at radius 2 is 1.80 bits per heavy atom. The number of hydrogen-bond acceptors (Lipinski definition) is 2. The van der Waals surface area contributed by atoms with Gasteiger partial charge in [0.25, 0.3) is 0 Å². The van der Waals surface area contributed by atoms with Crippen molar-refractivity contribution < 1.29 is 4.74 Å². The fourth-order valence-electron chi connectivity index (χ4n) is 2.29. The molecular weight excluding hydrogens is 186 g/mol. The van der Waals surface area contributed by atoms with E-state index >= 15 is 0 Å². The summed E-state index contributed by atoms with van der Waals surface area (Å²) in [6, 6.07) is 0.413. The van der Waals surface area contributed by atoms with Crippen molar-refractivity contribution >= 4 is 0 Å². The third-order valence-corrected chi connectivity index (χ3v) is 3.24. The van der Waals surface area contributed by atoms with Crippen LogP contribution < -0.4 is 5.73 Å². The second kappa shape index (κ2) is 5.86. The van der Waals surface area contributed by atoms with Gasteiger partial charge in [0, 0.05) is 12.6 Å². The smallest absolute Gasteiger partial charge is 0.0598 e. The van der Waals surface area contributed by atoms with Crippen LogP contribution in [0, 0.1) is 5.92 Å². The lowest BCUT2D eigenvalue weighted by Crippen LogP contribution is -2.31. The Morgan fingerprint density at radius 1 is 1.13 bits per heavy atom. The van der Waals surface area contributed by atoms with E-state index in [2.05, 4.69) is 20.8 Å². The predicted molar refractivity (Wildman–Crippen MR) is 64.9 cm³/mol. The maximum atomic E-state index is 6.17. The van der Waals surface area contributed by atoms with E-state index in [0.717, 1.165) is 13.0 Å². The molecule has 15 heavy (non-hydrogen) atoms. The minimum atomic E-state index is -0.00513. The molecule has 0 saturated heterocycles. The van der Waals surface area contributed by atoms with Gasteiger partial charge in [-0.15, -0.1) is 0 Å². The average Bonchev–Trinajstić information content (AvgIpc) is 2.30. The standard InChI is InChI=1S/C13H27NO/c1-13(2,3)15-10-9-11-7-5-4-6-8-12(11)14/h11-12H,4-10,14H2,1-3H3. The Kier molecular flexibility index (Phi) is 5.07. The van der Waals surface area contributed by atoms with E-state index < -0.39 is 0 Å². The van der Waals surface area contributed by atoms with Crippen molar-refractivity contribution in [1.29, 1.82) is 0 Å². The number of ether oxygens (including phenoxy) is 1. The van der Waals surface area contributed by atoms with Gasteiger partial charge in [0.15, 0.2) is 0 Å². The Morgan fingerprint density at radius 3 is 2.47 bits per heavy atom. The minimum absolute atomic E-state index is 0.00513. The molecule has 0 bridgehead atoms. The van der Waals surface area contributed by atoms with Gasteiger partial charge in [-0.1, -0.05) is 19.3 Å². The molecule has 0 heterocycles. The second-order valence-electron chi connectivity index (χ2n) is 5.81. The normalized spacial score (nSPS) is 28.8. The lowest BCUT2D eigenvalue weighted by Gasteiger charge is -2.24. The Hall–Kier alpha value is -0.0800. The van der Waals surface area contributed by atoms with E-state index in [1.807, 2.05) is 0 Å². The lowest BCUT2D eigenvalue weighted by molar-refractivity contribution is -0.0108. The van der Waals surface area contributed by atoms with Gasteiger partial charge in [-0.05, 0) is 46.0 Å². The summed E-state index contributed by atoms with van der Waals surface area (Å²) in [6.07, 6.45) is 7.68.